The molecule has 1 rings (SSSR count). The van der Waals surface area contributed by atoms with Gasteiger partial charge in [0.15, 0.2) is 0 Å². The molecule has 0 aromatic carbocycles. The van der Waals surface area contributed by atoms with Crippen molar-refractivity contribution in [1.29, 1.82) is 0 Å². The summed E-state index contributed by atoms with van der Waals surface area (Å²) in [5, 5.41) is 0.267. The summed E-state index contributed by atoms with van der Waals surface area (Å²) in [5.74, 6) is 0. The van der Waals surface area contributed by atoms with E-state index >= 15 is 0 Å². The van der Waals surface area contributed by atoms with Crippen molar-refractivity contribution in [2.75, 3.05) is 7.11 Å². The lowest BCUT2D eigenvalue weighted by Gasteiger charge is -2.25. The van der Waals surface area contributed by atoms with Crippen LogP contribution in [-0.4, -0.2) is 18.6 Å². The molecule has 2 atom stereocenters. The molecule has 0 aliphatic heterocycles. The molecule has 0 radical (unpaired) electrons. The highest BCUT2D eigenvalue weighted by Gasteiger charge is 2.21. The van der Waals surface area contributed by atoms with Crippen molar-refractivity contribution in [3.8, 4) is 0 Å². The van der Waals surface area contributed by atoms with E-state index in [9.17, 15) is 0 Å². The van der Waals surface area contributed by atoms with Crippen molar-refractivity contribution < 1.29 is 4.74 Å². The fourth-order valence-corrected chi connectivity index (χ4v) is 1.70. The first-order chi connectivity index (χ1) is 4.34. The van der Waals surface area contributed by atoms with E-state index in [1.54, 1.807) is 7.11 Å². The van der Waals surface area contributed by atoms with E-state index in [4.69, 9.17) is 16.3 Å². The Hall–Kier alpha value is 0.250. The Morgan fingerprint density at radius 3 is 2.44 bits per heavy atom. The first-order valence-corrected chi connectivity index (χ1v) is 3.95. The lowest BCUT2D eigenvalue weighted by Crippen LogP contribution is -2.26. The van der Waals surface area contributed by atoms with Crippen molar-refractivity contribution in [3.05, 3.63) is 0 Å². The average Bonchev–Trinajstić information content (AvgIpc) is 1.89. The minimum Gasteiger partial charge on any atom is -0.380 e. The number of halogens is 1. The summed E-state index contributed by atoms with van der Waals surface area (Å²) < 4.78 is 5.17. The van der Waals surface area contributed by atoms with Crippen LogP contribution < -0.4 is 0 Å². The molecule has 1 aliphatic carbocycles. The molecule has 1 aliphatic rings. The molecular weight excluding hydrogens is 136 g/mol. The molecule has 0 bridgehead atoms. The van der Waals surface area contributed by atoms with Gasteiger partial charge in [0, 0.05) is 7.11 Å². The first kappa shape index (κ1) is 7.36. The van der Waals surface area contributed by atoms with Gasteiger partial charge in [-0.1, -0.05) is 12.8 Å². The molecule has 54 valence electrons. The Balaban J connectivity index is 2.30. The average molecular weight is 149 g/mol. The first-order valence-electron chi connectivity index (χ1n) is 3.51. The van der Waals surface area contributed by atoms with Gasteiger partial charge in [-0.2, -0.15) is 0 Å². The monoisotopic (exact) mass is 148 g/mol. The van der Waals surface area contributed by atoms with E-state index in [0.717, 1.165) is 12.8 Å². The number of methoxy groups -OCH3 is 1. The maximum atomic E-state index is 5.96. The normalized spacial score (nSPS) is 36.7. The third-order valence-corrected chi connectivity index (χ3v) is 2.42. The van der Waals surface area contributed by atoms with Gasteiger partial charge in [-0.3, -0.25) is 0 Å². The number of ether oxygens (including phenoxy) is 1. The van der Waals surface area contributed by atoms with Crippen molar-refractivity contribution >= 4 is 11.6 Å². The number of alkyl halides is 1. The van der Waals surface area contributed by atoms with Crippen LogP contribution in [0.3, 0.4) is 0 Å². The maximum absolute atomic E-state index is 5.96. The molecule has 2 heteroatoms. The molecule has 0 aromatic rings. The predicted octanol–water partition coefficient (Wildman–Crippen LogP) is 2.18. The van der Waals surface area contributed by atoms with Gasteiger partial charge in [-0.15, -0.1) is 11.6 Å². The fourth-order valence-electron chi connectivity index (χ4n) is 1.32. The van der Waals surface area contributed by atoms with Crippen LogP contribution in [0, 0.1) is 0 Å². The van der Waals surface area contributed by atoms with Crippen LogP contribution in [0.25, 0.3) is 0 Å². The maximum Gasteiger partial charge on any atom is 0.0734 e. The quantitative estimate of drug-likeness (QED) is 0.518. The van der Waals surface area contributed by atoms with Gasteiger partial charge in [0.25, 0.3) is 0 Å². The highest BCUT2D eigenvalue weighted by atomic mass is 35.5. The van der Waals surface area contributed by atoms with Gasteiger partial charge in [-0.25, -0.2) is 0 Å². The zero-order valence-corrected chi connectivity index (χ0v) is 6.53. The lowest BCUT2D eigenvalue weighted by atomic mass is 9.97. The summed E-state index contributed by atoms with van der Waals surface area (Å²) in [6.45, 7) is 0. The summed E-state index contributed by atoms with van der Waals surface area (Å²) >= 11 is 5.96. The summed E-state index contributed by atoms with van der Waals surface area (Å²) in [6, 6.07) is 0. The minimum atomic E-state index is 0.267. The van der Waals surface area contributed by atoms with Gasteiger partial charge in [0.2, 0.25) is 0 Å². The van der Waals surface area contributed by atoms with Crippen molar-refractivity contribution in [2.24, 2.45) is 0 Å². The molecule has 0 unspecified atom stereocenters. The van der Waals surface area contributed by atoms with E-state index in [0.29, 0.717) is 6.10 Å². The van der Waals surface area contributed by atoms with Gasteiger partial charge in [0.1, 0.15) is 0 Å². The van der Waals surface area contributed by atoms with E-state index in [1.165, 1.54) is 12.8 Å². The van der Waals surface area contributed by atoms with E-state index < -0.39 is 0 Å². The zero-order valence-electron chi connectivity index (χ0n) is 5.77. The number of hydrogen-bond acceptors (Lipinski definition) is 1. The van der Waals surface area contributed by atoms with E-state index in [-0.39, 0.29) is 5.38 Å². The summed E-state index contributed by atoms with van der Waals surface area (Å²) in [4.78, 5) is 0. The SMILES string of the molecule is CO[C@@H]1CCCC[C@H]1Cl. The molecule has 0 amide bonds. The molecule has 0 spiro atoms. The summed E-state index contributed by atoms with van der Waals surface area (Å²) in [5.41, 5.74) is 0. The Labute approximate surface area is 61.3 Å². The molecule has 1 fully saturated rings. The molecular formula is C7H13ClO. The Kier molecular flexibility index (Phi) is 2.80. The second-order valence-electron chi connectivity index (χ2n) is 2.57. The van der Waals surface area contributed by atoms with Gasteiger partial charge >= 0.3 is 0 Å². The van der Waals surface area contributed by atoms with E-state index in [1.807, 2.05) is 0 Å². The smallest absolute Gasteiger partial charge is 0.0734 e. The van der Waals surface area contributed by atoms with Crippen molar-refractivity contribution in [3.63, 3.8) is 0 Å². The number of rotatable bonds is 1. The van der Waals surface area contributed by atoms with Crippen molar-refractivity contribution in [2.45, 2.75) is 37.2 Å². The van der Waals surface area contributed by atoms with Crippen LogP contribution in [0.4, 0.5) is 0 Å². The van der Waals surface area contributed by atoms with Crippen molar-refractivity contribution in [1.82, 2.24) is 0 Å². The van der Waals surface area contributed by atoms with Crippen LogP contribution in [0.1, 0.15) is 25.7 Å². The predicted molar refractivity (Wildman–Crippen MR) is 38.9 cm³/mol. The van der Waals surface area contributed by atoms with Gasteiger partial charge in [0.05, 0.1) is 11.5 Å². The topological polar surface area (TPSA) is 9.23 Å². The second-order valence-corrected chi connectivity index (χ2v) is 3.14. The third kappa shape index (κ3) is 1.84. The van der Waals surface area contributed by atoms with Crippen LogP contribution >= 0.6 is 11.6 Å². The van der Waals surface area contributed by atoms with Gasteiger partial charge in [-0.05, 0) is 12.8 Å². The molecule has 0 saturated heterocycles. The number of hydrogen-bond donors (Lipinski definition) is 0. The van der Waals surface area contributed by atoms with Gasteiger partial charge < -0.3 is 4.74 Å². The molecule has 0 heterocycles. The van der Waals surface area contributed by atoms with Crippen LogP contribution in [0.5, 0.6) is 0 Å². The molecule has 0 N–H and O–H groups in total. The molecule has 9 heavy (non-hydrogen) atoms. The zero-order chi connectivity index (χ0) is 6.69. The standard InChI is InChI=1S/C7H13ClO/c1-9-7-5-3-2-4-6(7)8/h6-7H,2-5H2,1H3/t6-,7-/m1/s1. The Morgan fingerprint density at radius 2 is 2.00 bits per heavy atom. The minimum absolute atomic E-state index is 0.267. The van der Waals surface area contributed by atoms with Crippen LogP contribution in [0.2, 0.25) is 0 Å². The lowest BCUT2D eigenvalue weighted by molar-refractivity contribution is 0.0744. The largest absolute Gasteiger partial charge is 0.380 e. The van der Waals surface area contributed by atoms with Crippen LogP contribution in [-0.2, 0) is 4.74 Å². The molecule has 1 saturated carbocycles. The highest BCUT2D eigenvalue weighted by Crippen LogP contribution is 2.24. The fraction of sp³-hybridized carbons (Fsp3) is 1.00. The summed E-state index contributed by atoms with van der Waals surface area (Å²) in [6.07, 6.45) is 5.14. The van der Waals surface area contributed by atoms with E-state index in [2.05, 4.69) is 0 Å². The Bertz CT molecular complexity index is 85.0. The highest BCUT2D eigenvalue weighted by molar-refractivity contribution is 6.21. The van der Waals surface area contributed by atoms with Crippen LogP contribution in [0.15, 0.2) is 0 Å². The third-order valence-electron chi connectivity index (χ3n) is 1.92. The second kappa shape index (κ2) is 3.43. The molecule has 0 aromatic heterocycles. The Morgan fingerprint density at radius 1 is 1.33 bits per heavy atom. The molecule has 1 nitrogen and oxygen atoms in total. The summed E-state index contributed by atoms with van der Waals surface area (Å²) in [7, 11) is 1.74.